The summed E-state index contributed by atoms with van der Waals surface area (Å²) in [5.74, 6) is 0.333. The van der Waals surface area contributed by atoms with Gasteiger partial charge >= 0.3 is 0 Å². The van der Waals surface area contributed by atoms with E-state index in [2.05, 4.69) is 34.1 Å². The zero-order valence-corrected chi connectivity index (χ0v) is 15.6. The second-order valence-electron chi connectivity index (χ2n) is 6.46. The van der Waals surface area contributed by atoms with Crippen molar-refractivity contribution in [2.45, 2.75) is 25.4 Å². The van der Waals surface area contributed by atoms with E-state index in [-0.39, 0.29) is 24.0 Å². The maximum atomic E-state index is 12.3. The Morgan fingerprint density at radius 2 is 2.04 bits per heavy atom. The molecule has 2 atom stereocenters. The van der Waals surface area contributed by atoms with Crippen LogP contribution in [0.25, 0.3) is 4.96 Å². The monoisotopic (exact) mass is 376 g/mol. The molecule has 3 heterocycles. The number of hydrogen-bond donors (Lipinski definition) is 1. The molecule has 2 N–H and O–H groups in total. The number of thiazole rings is 1. The normalized spacial score (nSPS) is 20.7. The fourth-order valence-corrected chi connectivity index (χ4v) is 4.40. The maximum absolute atomic E-state index is 12.3. The first kappa shape index (κ1) is 18.1. The molecule has 1 fully saturated rings. The van der Waals surface area contributed by atoms with Crippen molar-refractivity contribution >= 4 is 28.7 Å². The van der Waals surface area contributed by atoms with Crippen molar-refractivity contribution in [3.63, 3.8) is 0 Å². The van der Waals surface area contributed by atoms with E-state index in [0.29, 0.717) is 12.5 Å². The number of aromatic nitrogens is 2. The molecule has 1 aromatic carbocycles. The third-order valence-electron chi connectivity index (χ3n) is 4.68. The van der Waals surface area contributed by atoms with Gasteiger partial charge in [0.15, 0.2) is 4.96 Å². The van der Waals surface area contributed by atoms with Crippen LogP contribution in [0.15, 0.2) is 46.6 Å². The van der Waals surface area contributed by atoms with Crippen molar-refractivity contribution in [1.29, 1.82) is 0 Å². The quantitative estimate of drug-likeness (QED) is 0.762. The molecule has 0 unspecified atom stereocenters. The molecule has 7 heteroatoms. The summed E-state index contributed by atoms with van der Waals surface area (Å²) in [5.41, 5.74) is 9.39. The van der Waals surface area contributed by atoms with Gasteiger partial charge in [-0.25, -0.2) is 4.98 Å². The number of rotatable bonds is 3. The smallest absolute Gasteiger partial charge is 0.259 e. The van der Waals surface area contributed by atoms with Crippen LogP contribution in [0.5, 0.6) is 0 Å². The zero-order valence-electron chi connectivity index (χ0n) is 14.0. The molecule has 132 valence electrons. The molecule has 4 rings (SSSR count). The van der Waals surface area contributed by atoms with E-state index < -0.39 is 0 Å². The largest absolute Gasteiger partial charge is 0.326 e. The fourth-order valence-electron chi connectivity index (χ4n) is 3.51. The molecule has 5 nitrogen and oxygen atoms in total. The average Bonchev–Trinajstić information content (AvgIpc) is 3.11. The van der Waals surface area contributed by atoms with Gasteiger partial charge in [-0.2, -0.15) is 0 Å². The van der Waals surface area contributed by atoms with Crippen molar-refractivity contribution in [3.8, 4) is 0 Å². The Morgan fingerprint density at radius 1 is 1.28 bits per heavy atom. The first-order valence-corrected chi connectivity index (χ1v) is 8.99. The summed E-state index contributed by atoms with van der Waals surface area (Å²) in [6, 6.07) is 12.2. The summed E-state index contributed by atoms with van der Waals surface area (Å²) >= 11 is 1.51. The third-order valence-corrected chi connectivity index (χ3v) is 5.63. The predicted octanol–water partition coefficient (Wildman–Crippen LogP) is 2.41. The summed E-state index contributed by atoms with van der Waals surface area (Å²) in [4.78, 5) is 20.0. The molecular formula is C18H21ClN4OS. The third kappa shape index (κ3) is 3.48. The summed E-state index contributed by atoms with van der Waals surface area (Å²) in [6.07, 6.45) is 0. The first-order chi connectivity index (χ1) is 11.6. The maximum Gasteiger partial charge on any atom is 0.259 e. The van der Waals surface area contributed by atoms with Gasteiger partial charge in [-0.05, 0) is 12.5 Å². The van der Waals surface area contributed by atoms with Gasteiger partial charge in [-0.15, -0.1) is 23.7 Å². The minimum atomic E-state index is -0.00291. The van der Waals surface area contributed by atoms with Gasteiger partial charge in [-0.3, -0.25) is 14.1 Å². The van der Waals surface area contributed by atoms with Crippen LogP contribution in [0.4, 0.5) is 0 Å². The SMILES string of the molecule is Cc1csc2nc(CN3C[C@@H](N)[C@H](c4ccccc4)C3)cc(=O)n12.Cl. The molecule has 0 radical (unpaired) electrons. The van der Waals surface area contributed by atoms with Crippen LogP contribution in [-0.4, -0.2) is 33.4 Å². The fraction of sp³-hybridized carbons (Fsp3) is 0.333. The number of aryl methyl sites for hydroxylation is 1. The Kier molecular flexibility index (Phi) is 5.24. The number of benzene rings is 1. The van der Waals surface area contributed by atoms with Crippen molar-refractivity contribution in [3.05, 3.63) is 69.1 Å². The Balaban J connectivity index is 0.00000182. The van der Waals surface area contributed by atoms with Crippen molar-refractivity contribution < 1.29 is 0 Å². The number of nitrogens with two attached hydrogens (primary N) is 1. The molecule has 0 aliphatic carbocycles. The summed E-state index contributed by atoms with van der Waals surface area (Å²) < 4.78 is 1.66. The highest BCUT2D eigenvalue weighted by Crippen LogP contribution is 2.27. The second kappa shape index (κ2) is 7.25. The average molecular weight is 377 g/mol. The van der Waals surface area contributed by atoms with Crippen LogP contribution in [0.2, 0.25) is 0 Å². The van der Waals surface area contributed by atoms with Crippen LogP contribution in [-0.2, 0) is 6.54 Å². The van der Waals surface area contributed by atoms with Crippen LogP contribution in [0.1, 0.15) is 22.9 Å². The van der Waals surface area contributed by atoms with Gasteiger partial charge in [0.2, 0.25) is 0 Å². The Labute approximate surface area is 156 Å². The second-order valence-corrected chi connectivity index (χ2v) is 7.29. The summed E-state index contributed by atoms with van der Waals surface area (Å²) in [5, 5.41) is 1.96. The minimum absolute atomic E-state index is 0. The summed E-state index contributed by atoms with van der Waals surface area (Å²) in [6.45, 7) is 4.32. The molecule has 3 aromatic rings. The van der Waals surface area contributed by atoms with Gasteiger partial charge < -0.3 is 5.73 Å². The molecular weight excluding hydrogens is 356 g/mol. The van der Waals surface area contributed by atoms with Crippen LogP contribution in [0.3, 0.4) is 0 Å². The zero-order chi connectivity index (χ0) is 16.7. The lowest BCUT2D eigenvalue weighted by atomic mass is 9.95. The van der Waals surface area contributed by atoms with Crippen molar-refractivity contribution in [2.24, 2.45) is 5.73 Å². The molecule has 1 aliphatic rings. The first-order valence-electron chi connectivity index (χ1n) is 8.11. The van der Waals surface area contributed by atoms with Crippen LogP contribution < -0.4 is 11.3 Å². The highest BCUT2D eigenvalue weighted by Gasteiger charge is 2.31. The van der Waals surface area contributed by atoms with E-state index >= 15 is 0 Å². The van der Waals surface area contributed by atoms with Gasteiger partial charge in [0.25, 0.3) is 5.56 Å². The van der Waals surface area contributed by atoms with E-state index in [9.17, 15) is 4.79 Å². The molecule has 0 bridgehead atoms. The predicted molar refractivity (Wildman–Crippen MR) is 104 cm³/mol. The van der Waals surface area contributed by atoms with Gasteiger partial charge in [0, 0.05) is 48.7 Å². The molecule has 0 saturated carbocycles. The van der Waals surface area contributed by atoms with E-state index in [1.54, 1.807) is 10.5 Å². The van der Waals surface area contributed by atoms with E-state index in [0.717, 1.165) is 29.4 Å². The van der Waals surface area contributed by atoms with E-state index in [4.69, 9.17) is 5.73 Å². The van der Waals surface area contributed by atoms with Gasteiger partial charge in [0.05, 0.1) is 5.69 Å². The molecule has 0 spiro atoms. The summed E-state index contributed by atoms with van der Waals surface area (Å²) in [7, 11) is 0. The van der Waals surface area contributed by atoms with E-state index in [1.807, 2.05) is 18.4 Å². The molecule has 1 saturated heterocycles. The van der Waals surface area contributed by atoms with Gasteiger partial charge in [0.1, 0.15) is 0 Å². The lowest BCUT2D eigenvalue weighted by Crippen LogP contribution is -2.29. The van der Waals surface area contributed by atoms with Crippen molar-refractivity contribution in [2.75, 3.05) is 13.1 Å². The van der Waals surface area contributed by atoms with Gasteiger partial charge in [-0.1, -0.05) is 30.3 Å². The number of nitrogens with zero attached hydrogens (tertiary/aromatic N) is 3. The Bertz CT molecular complexity index is 924. The number of likely N-dealkylation sites (tertiary alicyclic amines) is 1. The minimum Gasteiger partial charge on any atom is -0.326 e. The highest BCUT2D eigenvalue weighted by molar-refractivity contribution is 7.15. The molecule has 2 aromatic heterocycles. The van der Waals surface area contributed by atoms with Crippen molar-refractivity contribution in [1.82, 2.24) is 14.3 Å². The number of halogens is 1. The molecule has 25 heavy (non-hydrogen) atoms. The lowest BCUT2D eigenvalue weighted by Gasteiger charge is -2.15. The Morgan fingerprint density at radius 3 is 2.80 bits per heavy atom. The molecule has 1 aliphatic heterocycles. The van der Waals surface area contributed by atoms with E-state index in [1.165, 1.54) is 16.9 Å². The number of hydrogen-bond acceptors (Lipinski definition) is 5. The lowest BCUT2D eigenvalue weighted by molar-refractivity contribution is 0.320. The highest BCUT2D eigenvalue weighted by atomic mass is 35.5. The molecule has 0 amide bonds. The standard InChI is InChI=1S/C18H20N4OS.ClH/c1-12-11-24-18-20-14(7-17(23)22(12)18)8-21-9-15(16(19)10-21)13-5-3-2-4-6-13;/h2-7,11,15-16H,8-10,19H2,1H3;1H/t15-,16+;/m0./s1. The van der Waals surface area contributed by atoms with Crippen LogP contribution >= 0.6 is 23.7 Å². The Hall–Kier alpha value is -1.73. The van der Waals surface area contributed by atoms with Crippen LogP contribution in [0, 0.1) is 6.92 Å². The number of fused-ring (bicyclic) bond motifs is 1. The topological polar surface area (TPSA) is 63.6 Å².